The summed E-state index contributed by atoms with van der Waals surface area (Å²) in [7, 11) is 1.67. The molecule has 0 unspecified atom stereocenters. The van der Waals surface area contributed by atoms with Gasteiger partial charge < -0.3 is 9.64 Å². The van der Waals surface area contributed by atoms with Crippen molar-refractivity contribution in [2.24, 2.45) is 5.92 Å². The van der Waals surface area contributed by atoms with Gasteiger partial charge in [0.25, 0.3) is 0 Å². The second-order valence-corrected chi connectivity index (χ2v) is 5.62. The zero-order chi connectivity index (χ0) is 13.8. The van der Waals surface area contributed by atoms with Crippen LogP contribution >= 0.6 is 0 Å². The van der Waals surface area contributed by atoms with Crippen molar-refractivity contribution in [3.63, 3.8) is 0 Å². The lowest BCUT2D eigenvalue weighted by molar-refractivity contribution is -0.132. The first-order valence-electron chi connectivity index (χ1n) is 7.05. The number of hydrogen-bond acceptors (Lipinski definition) is 2. The van der Waals surface area contributed by atoms with Crippen molar-refractivity contribution in [2.45, 2.75) is 39.2 Å². The van der Waals surface area contributed by atoms with Crippen LogP contribution in [0.4, 0.5) is 0 Å². The summed E-state index contributed by atoms with van der Waals surface area (Å²) in [5.41, 5.74) is 1.22. The number of methoxy groups -OCH3 is 1. The molecule has 1 aliphatic heterocycles. The molecule has 0 saturated carbocycles. The predicted octanol–water partition coefficient (Wildman–Crippen LogP) is 3.40. The fraction of sp³-hybridized carbons (Fsp3) is 0.562. The topological polar surface area (TPSA) is 29.5 Å². The number of ether oxygens (including phenoxy) is 1. The van der Waals surface area contributed by atoms with Gasteiger partial charge in [0.15, 0.2) is 0 Å². The quantitative estimate of drug-likeness (QED) is 0.831. The number of carbonyl (C=O) groups is 1. The summed E-state index contributed by atoms with van der Waals surface area (Å²) in [6, 6.07) is 8.34. The Morgan fingerprint density at radius 2 is 2.05 bits per heavy atom. The summed E-state index contributed by atoms with van der Waals surface area (Å²) in [4.78, 5) is 14.3. The maximum Gasteiger partial charge on any atom is 0.223 e. The number of likely N-dealkylation sites (tertiary alicyclic amines) is 1. The fourth-order valence-corrected chi connectivity index (χ4v) is 2.70. The highest BCUT2D eigenvalue weighted by Gasteiger charge is 2.29. The molecule has 1 aliphatic rings. The number of rotatable bonds is 4. The molecular weight excluding hydrogens is 238 g/mol. The number of amides is 1. The van der Waals surface area contributed by atoms with Crippen LogP contribution in [0.15, 0.2) is 24.3 Å². The molecule has 0 radical (unpaired) electrons. The van der Waals surface area contributed by atoms with E-state index in [2.05, 4.69) is 26.0 Å². The predicted molar refractivity (Wildman–Crippen MR) is 76.1 cm³/mol. The molecular formula is C16H23NO2. The summed E-state index contributed by atoms with van der Waals surface area (Å²) in [6.45, 7) is 5.08. The summed E-state index contributed by atoms with van der Waals surface area (Å²) >= 11 is 0. The molecule has 1 aromatic rings. The molecule has 0 aromatic heterocycles. The first-order chi connectivity index (χ1) is 9.11. The maximum atomic E-state index is 12.3. The molecule has 104 valence electrons. The van der Waals surface area contributed by atoms with Crippen LogP contribution in [0, 0.1) is 5.92 Å². The second kappa shape index (κ2) is 6.09. The number of carbonyl (C=O) groups excluding carboxylic acids is 1. The van der Waals surface area contributed by atoms with Crippen molar-refractivity contribution in [1.82, 2.24) is 4.90 Å². The van der Waals surface area contributed by atoms with Crippen LogP contribution in [0.1, 0.15) is 44.7 Å². The lowest BCUT2D eigenvalue weighted by atomic mass is 10.0. The summed E-state index contributed by atoms with van der Waals surface area (Å²) in [5.74, 6) is 1.57. The normalized spacial score (nSPS) is 18.9. The fourth-order valence-electron chi connectivity index (χ4n) is 2.70. The first-order valence-corrected chi connectivity index (χ1v) is 7.05. The highest BCUT2D eigenvalue weighted by Crippen LogP contribution is 2.33. The van der Waals surface area contributed by atoms with Gasteiger partial charge in [0.1, 0.15) is 5.75 Å². The van der Waals surface area contributed by atoms with Gasteiger partial charge in [0, 0.05) is 13.0 Å². The van der Waals surface area contributed by atoms with E-state index in [1.54, 1.807) is 7.11 Å². The zero-order valence-corrected chi connectivity index (χ0v) is 12.1. The van der Waals surface area contributed by atoms with Gasteiger partial charge in [-0.15, -0.1) is 0 Å². The van der Waals surface area contributed by atoms with Crippen LogP contribution in [0.5, 0.6) is 5.75 Å². The smallest absolute Gasteiger partial charge is 0.223 e. The minimum Gasteiger partial charge on any atom is -0.497 e. The van der Waals surface area contributed by atoms with Gasteiger partial charge in [0.2, 0.25) is 5.91 Å². The third-order valence-corrected chi connectivity index (χ3v) is 3.66. The zero-order valence-electron chi connectivity index (χ0n) is 12.1. The van der Waals surface area contributed by atoms with Gasteiger partial charge in [-0.05, 0) is 36.5 Å². The van der Waals surface area contributed by atoms with Crippen LogP contribution in [-0.2, 0) is 4.79 Å². The van der Waals surface area contributed by atoms with E-state index in [1.165, 1.54) is 5.56 Å². The van der Waals surface area contributed by atoms with E-state index in [-0.39, 0.29) is 11.9 Å². The highest BCUT2D eigenvalue weighted by molar-refractivity contribution is 5.77. The van der Waals surface area contributed by atoms with Gasteiger partial charge in [-0.1, -0.05) is 26.0 Å². The number of nitrogens with zero attached hydrogens (tertiary/aromatic N) is 1. The standard InChI is InChI=1S/C16H23NO2/c1-12(2)11-16(18)17-10-4-5-15(17)13-6-8-14(19-3)9-7-13/h6-9,12,15H,4-5,10-11H2,1-3H3/t15-/m0/s1. The third-order valence-electron chi connectivity index (χ3n) is 3.66. The summed E-state index contributed by atoms with van der Waals surface area (Å²) in [5, 5.41) is 0. The molecule has 3 heteroatoms. The molecule has 0 spiro atoms. The Labute approximate surface area is 115 Å². The molecule has 19 heavy (non-hydrogen) atoms. The van der Waals surface area contributed by atoms with E-state index in [0.717, 1.165) is 25.1 Å². The van der Waals surface area contributed by atoms with Gasteiger partial charge in [-0.2, -0.15) is 0 Å². The number of benzene rings is 1. The van der Waals surface area contributed by atoms with Crippen molar-refractivity contribution in [1.29, 1.82) is 0 Å². The van der Waals surface area contributed by atoms with Gasteiger partial charge in [-0.25, -0.2) is 0 Å². The number of hydrogen-bond donors (Lipinski definition) is 0. The van der Waals surface area contributed by atoms with E-state index < -0.39 is 0 Å². The summed E-state index contributed by atoms with van der Waals surface area (Å²) < 4.78 is 5.18. The lowest BCUT2D eigenvalue weighted by Crippen LogP contribution is -2.31. The Kier molecular flexibility index (Phi) is 4.46. The Hall–Kier alpha value is -1.51. The SMILES string of the molecule is COc1ccc([C@@H]2CCCN2C(=O)CC(C)C)cc1. The van der Waals surface area contributed by atoms with Crippen molar-refractivity contribution < 1.29 is 9.53 Å². The highest BCUT2D eigenvalue weighted by atomic mass is 16.5. The minimum absolute atomic E-state index is 0.247. The first kappa shape index (κ1) is 13.9. The van der Waals surface area contributed by atoms with E-state index >= 15 is 0 Å². The molecule has 1 aromatic carbocycles. The van der Waals surface area contributed by atoms with Gasteiger partial charge >= 0.3 is 0 Å². The van der Waals surface area contributed by atoms with Crippen molar-refractivity contribution >= 4 is 5.91 Å². The Morgan fingerprint density at radius 3 is 2.63 bits per heavy atom. The Morgan fingerprint density at radius 1 is 1.37 bits per heavy atom. The second-order valence-electron chi connectivity index (χ2n) is 5.62. The van der Waals surface area contributed by atoms with Crippen molar-refractivity contribution in [2.75, 3.05) is 13.7 Å². The Balaban J connectivity index is 2.11. The third kappa shape index (κ3) is 3.28. The van der Waals surface area contributed by atoms with Gasteiger partial charge in [-0.3, -0.25) is 4.79 Å². The molecule has 1 saturated heterocycles. The largest absolute Gasteiger partial charge is 0.497 e. The van der Waals surface area contributed by atoms with Crippen LogP contribution in [0.3, 0.4) is 0 Å². The maximum absolute atomic E-state index is 12.3. The van der Waals surface area contributed by atoms with Crippen LogP contribution in [-0.4, -0.2) is 24.5 Å². The van der Waals surface area contributed by atoms with E-state index in [0.29, 0.717) is 12.3 Å². The molecule has 0 aliphatic carbocycles. The average Bonchev–Trinajstić information content (AvgIpc) is 2.87. The van der Waals surface area contributed by atoms with Crippen LogP contribution in [0.2, 0.25) is 0 Å². The lowest BCUT2D eigenvalue weighted by Gasteiger charge is -2.26. The van der Waals surface area contributed by atoms with Crippen LogP contribution in [0.25, 0.3) is 0 Å². The summed E-state index contributed by atoms with van der Waals surface area (Å²) in [6.07, 6.45) is 2.81. The van der Waals surface area contributed by atoms with Crippen LogP contribution < -0.4 is 4.74 Å². The minimum atomic E-state index is 0.247. The molecule has 0 N–H and O–H groups in total. The van der Waals surface area contributed by atoms with E-state index in [1.807, 2.05) is 17.0 Å². The molecule has 3 nitrogen and oxygen atoms in total. The molecule has 1 heterocycles. The molecule has 1 amide bonds. The average molecular weight is 261 g/mol. The van der Waals surface area contributed by atoms with E-state index in [9.17, 15) is 4.79 Å². The van der Waals surface area contributed by atoms with E-state index in [4.69, 9.17) is 4.74 Å². The van der Waals surface area contributed by atoms with Crippen molar-refractivity contribution in [3.8, 4) is 5.75 Å². The Bertz CT molecular complexity index is 425. The van der Waals surface area contributed by atoms with Gasteiger partial charge in [0.05, 0.1) is 13.2 Å². The molecule has 2 rings (SSSR count). The monoisotopic (exact) mass is 261 g/mol. The van der Waals surface area contributed by atoms with Crippen molar-refractivity contribution in [3.05, 3.63) is 29.8 Å². The molecule has 1 atom stereocenters. The molecule has 1 fully saturated rings. The molecule has 0 bridgehead atoms.